The van der Waals surface area contributed by atoms with Gasteiger partial charge >= 0.3 is 5.97 Å². The number of aromatic nitrogens is 1. The van der Waals surface area contributed by atoms with E-state index in [1.54, 1.807) is 13.1 Å². The van der Waals surface area contributed by atoms with Crippen LogP contribution < -0.4 is 4.74 Å². The monoisotopic (exact) mass is 219 g/mol. The number of rotatable bonds is 3. The summed E-state index contributed by atoms with van der Waals surface area (Å²) in [5.41, 5.74) is 0.899. The first-order chi connectivity index (χ1) is 7.72. The van der Waals surface area contributed by atoms with Gasteiger partial charge in [-0.2, -0.15) is 0 Å². The van der Waals surface area contributed by atoms with Crippen LogP contribution in [-0.4, -0.2) is 22.2 Å². The number of aliphatic hydroxyl groups excluding tert-OH is 1. The van der Waals surface area contributed by atoms with E-state index in [9.17, 15) is 9.90 Å². The van der Waals surface area contributed by atoms with Gasteiger partial charge in [0.05, 0.1) is 0 Å². The predicted octanol–water partition coefficient (Wildman–Crippen LogP) is 1.84. The average Bonchev–Trinajstić information content (AvgIpc) is 2.72. The first-order valence-corrected chi connectivity index (χ1v) is 5.18. The van der Waals surface area contributed by atoms with Crippen molar-refractivity contribution in [1.29, 1.82) is 0 Å². The Morgan fingerprint density at radius 3 is 3.00 bits per heavy atom. The largest absolute Gasteiger partial charge is 0.422 e. The van der Waals surface area contributed by atoms with Gasteiger partial charge < -0.3 is 14.8 Å². The summed E-state index contributed by atoms with van der Waals surface area (Å²) in [6.45, 7) is 1.72. The van der Waals surface area contributed by atoms with Crippen molar-refractivity contribution in [2.75, 3.05) is 0 Å². The third kappa shape index (κ3) is 1.92. The predicted molar refractivity (Wildman–Crippen MR) is 60.2 cm³/mol. The zero-order chi connectivity index (χ0) is 11.5. The van der Waals surface area contributed by atoms with Crippen molar-refractivity contribution in [3.05, 3.63) is 30.5 Å². The molecule has 4 heteroatoms. The smallest absolute Gasteiger partial charge is 0.340 e. The van der Waals surface area contributed by atoms with E-state index >= 15 is 0 Å². The number of hydrogen-bond acceptors (Lipinski definition) is 3. The zero-order valence-corrected chi connectivity index (χ0v) is 8.93. The summed E-state index contributed by atoms with van der Waals surface area (Å²) in [5, 5.41) is 10.1. The highest BCUT2D eigenvalue weighted by Crippen LogP contribution is 2.25. The highest BCUT2D eigenvalue weighted by atomic mass is 16.5. The molecule has 1 aromatic carbocycles. The number of carbonyl (C=O) groups is 1. The van der Waals surface area contributed by atoms with Gasteiger partial charge in [-0.15, -0.1) is 0 Å². The van der Waals surface area contributed by atoms with E-state index in [2.05, 4.69) is 4.98 Å². The maximum absolute atomic E-state index is 11.4. The molecule has 2 aromatic rings. The highest BCUT2D eigenvalue weighted by Gasteiger charge is 2.16. The lowest BCUT2D eigenvalue weighted by atomic mass is 10.2. The molecule has 1 heterocycles. The summed E-state index contributed by atoms with van der Waals surface area (Å²) in [7, 11) is 0. The van der Waals surface area contributed by atoms with Gasteiger partial charge in [-0.3, -0.25) is 0 Å². The minimum absolute atomic E-state index is 0.348. The van der Waals surface area contributed by atoms with Crippen LogP contribution >= 0.6 is 0 Å². The summed E-state index contributed by atoms with van der Waals surface area (Å²) < 4.78 is 5.10. The SMILES string of the molecule is CCC(O)C(=O)Oc1c[nH]c2ccccc12. The minimum Gasteiger partial charge on any atom is -0.422 e. The topological polar surface area (TPSA) is 62.3 Å². The van der Waals surface area contributed by atoms with Crippen molar-refractivity contribution in [2.24, 2.45) is 0 Å². The fourth-order valence-corrected chi connectivity index (χ4v) is 1.47. The molecule has 4 nitrogen and oxygen atoms in total. The fraction of sp³-hybridized carbons (Fsp3) is 0.250. The third-order valence-electron chi connectivity index (χ3n) is 2.42. The molecule has 0 saturated heterocycles. The van der Waals surface area contributed by atoms with Gasteiger partial charge in [-0.1, -0.05) is 19.1 Å². The molecule has 1 aromatic heterocycles. The van der Waals surface area contributed by atoms with Crippen LogP contribution in [0.2, 0.25) is 0 Å². The van der Waals surface area contributed by atoms with E-state index < -0.39 is 12.1 Å². The molecular formula is C12H13NO3. The second-order valence-electron chi connectivity index (χ2n) is 3.54. The van der Waals surface area contributed by atoms with Gasteiger partial charge in [-0.25, -0.2) is 4.79 Å². The van der Waals surface area contributed by atoms with E-state index in [4.69, 9.17) is 4.74 Å². The van der Waals surface area contributed by atoms with Gasteiger partial charge in [0.25, 0.3) is 0 Å². The number of carbonyl (C=O) groups excluding carboxylic acids is 1. The Bertz CT molecular complexity index is 504. The number of benzene rings is 1. The summed E-state index contributed by atoms with van der Waals surface area (Å²) in [5.74, 6) is -0.166. The lowest BCUT2D eigenvalue weighted by molar-refractivity contribution is -0.143. The molecule has 2 N–H and O–H groups in total. The van der Waals surface area contributed by atoms with Crippen molar-refractivity contribution < 1.29 is 14.6 Å². The molecule has 0 radical (unpaired) electrons. The molecule has 0 spiro atoms. The maximum Gasteiger partial charge on any atom is 0.340 e. The Labute approximate surface area is 92.9 Å². The first-order valence-electron chi connectivity index (χ1n) is 5.18. The molecule has 1 atom stereocenters. The Kier molecular flexibility index (Phi) is 2.92. The number of para-hydroxylation sites is 1. The summed E-state index contributed by atoms with van der Waals surface area (Å²) >= 11 is 0. The van der Waals surface area contributed by atoms with Crippen molar-refractivity contribution in [1.82, 2.24) is 4.98 Å². The van der Waals surface area contributed by atoms with Crippen LogP contribution in [0.3, 0.4) is 0 Å². The summed E-state index contributed by atoms with van der Waals surface area (Å²) in [6.07, 6.45) is 0.903. The number of aromatic amines is 1. The van der Waals surface area contributed by atoms with Crippen molar-refractivity contribution in [3.63, 3.8) is 0 Å². The van der Waals surface area contributed by atoms with Crippen LogP contribution in [0.4, 0.5) is 0 Å². The molecular weight excluding hydrogens is 206 g/mol. The van der Waals surface area contributed by atoms with E-state index in [-0.39, 0.29) is 0 Å². The molecule has 0 aliphatic heterocycles. The molecule has 0 fully saturated rings. The van der Waals surface area contributed by atoms with E-state index in [0.29, 0.717) is 12.2 Å². The van der Waals surface area contributed by atoms with E-state index in [1.807, 2.05) is 24.3 Å². The van der Waals surface area contributed by atoms with Crippen LogP contribution in [0.25, 0.3) is 10.9 Å². The number of H-pyrrole nitrogens is 1. The normalized spacial score (nSPS) is 12.6. The number of nitrogens with one attached hydrogen (secondary N) is 1. The number of ether oxygens (including phenoxy) is 1. The second-order valence-corrected chi connectivity index (χ2v) is 3.54. The van der Waals surface area contributed by atoms with Gasteiger partial charge in [0, 0.05) is 17.1 Å². The summed E-state index contributed by atoms with van der Waals surface area (Å²) in [4.78, 5) is 14.4. The Balaban J connectivity index is 2.25. The molecule has 2 rings (SSSR count). The van der Waals surface area contributed by atoms with E-state index in [0.717, 1.165) is 10.9 Å². The fourth-order valence-electron chi connectivity index (χ4n) is 1.47. The first kappa shape index (κ1) is 10.7. The number of fused-ring (bicyclic) bond motifs is 1. The van der Waals surface area contributed by atoms with Crippen LogP contribution in [0.15, 0.2) is 30.5 Å². The molecule has 1 unspecified atom stereocenters. The maximum atomic E-state index is 11.4. The number of esters is 1. The Morgan fingerprint density at radius 2 is 2.25 bits per heavy atom. The van der Waals surface area contributed by atoms with Crippen LogP contribution in [0.1, 0.15) is 13.3 Å². The molecule has 0 aliphatic carbocycles. The standard InChI is InChI=1S/C12H13NO3/c1-2-10(14)12(15)16-11-7-13-9-6-4-3-5-8(9)11/h3-7,10,13-14H,2H2,1H3. The highest BCUT2D eigenvalue weighted by molar-refractivity contribution is 5.89. The van der Waals surface area contributed by atoms with Crippen molar-refractivity contribution in [2.45, 2.75) is 19.4 Å². The second kappa shape index (κ2) is 4.37. The zero-order valence-electron chi connectivity index (χ0n) is 8.93. The molecule has 16 heavy (non-hydrogen) atoms. The minimum atomic E-state index is -1.06. The lowest BCUT2D eigenvalue weighted by Gasteiger charge is -2.06. The molecule has 0 amide bonds. The number of aliphatic hydroxyl groups is 1. The molecule has 0 aliphatic rings. The average molecular weight is 219 g/mol. The van der Waals surface area contributed by atoms with Crippen molar-refractivity contribution in [3.8, 4) is 5.75 Å². The van der Waals surface area contributed by atoms with Gasteiger partial charge in [0.2, 0.25) is 0 Å². The van der Waals surface area contributed by atoms with Crippen LogP contribution in [0.5, 0.6) is 5.75 Å². The summed E-state index contributed by atoms with van der Waals surface area (Å²) in [6, 6.07) is 7.50. The quantitative estimate of drug-likeness (QED) is 0.774. The third-order valence-corrected chi connectivity index (χ3v) is 2.42. The van der Waals surface area contributed by atoms with Crippen molar-refractivity contribution >= 4 is 16.9 Å². The molecule has 84 valence electrons. The van der Waals surface area contributed by atoms with Crippen LogP contribution in [0, 0.1) is 0 Å². The van der Waals surface area contributed by atoms with Gasteiger partial charge in [0.15, 0.2) is 11.9 Å². The lowest BCUT2D eigenvalue weighted by Crippen LogP contribution is -2.24. The van der Waals surface area contributed by atoms with Gasteiger partial charge in [-0.05, 0) is 18.6 Å². The Morgan fingerprint density at radius 1 is 1.50 bits per heavy atom. The van der Waals surface area contributed by atoms with Gasteiger partial charge in [0.1, 0.15) is 0 Å². The molecule has 0 bridgehead atoms. The van der Waals surface area contributed by atoms with E-state index in [1.165, 1.54) is 0 Å². The Hall–Kier alpha value is -1.81. The number of hydrogen-bond donors (Lipinski definition) is 2. The molecule has 0 saturated carbocycles. The van der Waals surface area contributed by atoms with Crippen LogP contribution in [-0.2, 0) is 4.79 Å².